The number of rotatable bonds is 8. The third-order valence-corrected chi connectivity index (χ3v) is 5.87. The van der Waals surface area contributed by atoms with Crippen LogP contribution < -0.4 is 5.32 Å². The van der Waals surface area contributed by atoms with Crippen molar-refractivity contribution in [2.75, 3.05) is 13.2 Å². The maximum Gasteiger partial charge on any atom is 0.220 e. The van der Waals surface area contributed by atoms with Crippen molar-refractivity contribution in [3.05, 3.63) is 71.4 Å². The van der Waals surface area contributed by atoms with Crippen molar-refractivity contribution in [1.29, 1.82) is 0 Å². The second-order valence-corrected chi connectivity index (χ2v) is 8.02. The van der Waals surface area contributed by atoms with Crippen molar-refractivity contribution >= 4 is 16.8 Å². The predicted octanol–water partition coefficient (Wildman–Crippen LogP) is 4.62. The highest BCUT2D eigenvalue weighted by molar-refractivity contribution is 5.84. The first kappa shape index (κ1) is 19.7. The Morgan fingerprint density at radius 2 is 1.97 bits per heavy atom. The number of hydrogen-bond donors (Lipinski definition) is 1. The summed E-state index contributed by atoms with van der Waals surface area (Å²) in [4.78, 5) is 12.2. The summed E-state index contributed by atoms with van der Waals surface area (Å²) in [6.45, 7) is 4.51. The highest BCUT2D eigenvalue weighted by atomic mass is 16.5. The number of fused-ring (bicyclic) bond motifs is 1. The van der Waals surface area contributed by atoms with E-state index in [0.717, 1.165) is 38.8 Å². The molecule has 1 N–H and O–H groups in total. The first-order valence-corrected chi connectivity index (χ1v) is 10.7. The minimum atomic E-state index is 0.129. The van der Waals surface area contributed by atoms with Crippen LogP contribution in [0.25, 0.3) is 10.9 Å². The summed E-state index contributed by atoms with van der Waals surface area (Å²) in [6, 6.07) is 17.1. The minimum Gasteiger partial charge on any atom is -0.376 e. The van der Waals surface area contributed by atoms with Gasteiger partial charge in [-0.1, -0.05) is 42.5 Å². The average Bonchev–Trinajstić information content (AvgIpc) is 3.37. The molecular formula is C25H30N2O2. The highest BCUT2D eigenvalue weighted by Gasteiger charge is 2.16. The average molecular weight is 391 g/mol. The number of nitrogens with zero attached hydrogens (tertiary/aromatic N) is 1. The molecule has 29 heavy (non-hydrogen) atoms. The number of aryl methyl sites for hydroxylation is 2. The van der Waals surface area contributed by atoms with Crippen molar-refractivity contribution in [1.82, 2.24) is 9.88 Å². The molecule has 2 heterocycles. The minimum absolute atomic E-state index is 0.129. The van der Waals surface area contributed by atoms with Gasteiger partial charge in [-0.05, 0) is 55.4 Å². The van der Waals surface area contributed by atoms with E-state index in [-0.39, 0.29) is 12.0 Å². The Hall–Kier alpha value is -2.59. The van der Waals surface area contributed by atoms with Crippen molar-refractivity contribution in [2.24, 2.45) is 0 Å². The van der Waals surface area contributed by atoms with E-state index in [4.69, 9.17) is 4.74 Å². The summed E-state index contributed by atoms with van der Waals surface area (Å²) >= 11 is 0. The molecule has 2 aromatic carbocycles. The lowest BCUT2D eigenvalue weighted by atomic mass is 10.1. The molecule has 0 spiro atoms. The first-order valence-electron chi connectivity index (χ1n) is 10.7. The summed E-state index contributed by atoms with van der Waals surface area (Å²) in [5, 5.41) is 4.32. The zero-order valence-corrected chi connectivity index (χ0v) is 17.2. The zero-order valence-electron chi connectivity index (χ0n) is 17.2. The second-order valence-electron chi connectivity index (χ2n) is 8.02. The molecule has 3 aromatic rings. The summed E-state index contributed by atoms with van der Waals surface area (Å²) in [5.41, 5.74) is 5.23. The molecule has 4 rings (SSSR count). The molecule has 0 radical (unpaired) electrons. The Balaban J connectivity index is 1.38. The molecule has 1 fully saturated rings. The second kappa shape index (κ2) is 9.27. The van der Waals surface area contributed by atoms with E-state index in [9.17, 15) is 4.79 Å². The van der Waals surface area contributed by atoms with Crippen LogP contribution in [-0.4, -0.2) is 29.7 Å². The van der Waals surface area contributed by atoms with Gasteiger partial charge in [-0.2, -0.15) is 0 Å². The fourth-order valence-electron chi connectivity index (χ4n) is 4.18. The number of ether oxygens (including phenoxy) is 1. The van der Waals surface area contributed by atoms with Crippen LogP contribution in [0.15, 0.2) is 54.7 Å². The van der Waals surface area contributed by atoms with Gasteiger partial charge in [-0.3, -0.25) is 4.79 Å². The lowest BCUT2D eigenvalue weighted by molar-refractivity contribution is -0.121. The topological polar surface area (TPSA) is 43.3 Å². The van der Waals surface area contributed by atoms with Crippen LogP contribution in [0.1, 0.15) is 42.4 Å². The Bertz CT molecular complexity index is 970. The molecule has 1 aliphatic rings. The lowest BCUT2D eigenvalue weighted by Crippen LogP contribution is -2.31. The molecule has 4 heteroatoms. The third-order valence-electron chi connectivity index (χ3n) is 5.87. The normalized spacial score (nSPS) is 16.4. The van der Waals surface area contributed by atoms with E-state index in [1.165, 1.54) is 27.6 Å². The molecular weight excluding hydrogens is 360 g/mol. The number of hydrogen-bond acceptors (Lipinski definition) is 2. The number of carbonyl (C=O) groups excluding carboxylic acids is 1. The molecule has 0 aliphatic carbocycles. The zero-order chi connectivity index (χ0) is 20.1. The van der Waals surface area contributed by atoms with Crippen LogP contribution in [-0.2, 0) is 22.5 Å². The first-order chi connectivity index (χ1) is 14.2. The summed E-state index contributed by atoms with van der Waals surface area (Å²) < 4.78 is 7.91. The molecule has 0 saturated carbocycles. The Morgan fingerprint density at radius 1 is 1.14 bits per heavy atom. The maximum absolute atomic E-state index is 12.2. The van der Waals surface area contributed by atoms with Crippen LogP contribution >= 0.6 is 0 Å². The summed E-state index contributed by atoms with van der Waals surface area (Å²) in [7, 11) is 0. The van der Waals surface area contributed by atoms with Gasteiger partial charge in [0.15, 0.2) is 0 Å². The number of nitrogens with one attached hydrogen (secondary N) is 1. The van der Waals surface area contributed by atoms with Gasteiger partial charge >= 0.3 is 0 Å². The van der Waals surface area contributed by atoms with Gasteiger partial charge in [-0.25, -0.2) is 0 Å². The molecule has 1 amide bonds. The van der Waals surface area contributed by atoms with E-state index in [0.29, 0.717) is 13.0 Å². The molecule has 0 bridgehead atoms. The summed E-state index contributed by atoms with van der Waals surface area (Å²) in [5.74, 6) is 0.129. The van der Waals surface area contributed by atoms with Crippen molar-refractivity contribution < 1.29 is 9.53 Å². The molecule has 4 nitrogen and oxygen atoms in total. The lowest BCUT2D eigenvalue weighted by Gasteiger charge is -2.10. The Labute approximate surface area is 172 Å². The molecule has 1 aromatic heterocycles. The van der Waals surface area contributed by atoms with E-state index in [1.54, 1.807) is 0 Å². The fraction of sp³-hybridized carbons (Fsp3) is 0.400. The van der Waals surface area contributed by atoms with Gasteiger partial charge in [0.05, 0.1) is 6.10 Å². The van der Waals surface area contributed by atoms with Gasteiger partial charge in [0.2, 0.25) is 5.91 Å². The SMILES string of the molecule is Cc1ccccc1Cn1cc(CCCC(=O)NC[C@H]2CCCO2)c2ccccc21. The quantitative estimate of drug-likeness (QED) is 0.610. The van der Waals surface area contributed by atoms with Gasteiger partial charge < -0.3 is 14.6 Å². The van der Waals surface area contributed by atoms with Gasteiger partial charge in [-0.15, -0.1) is 0 Å². The van der Waals surface area contributed by atoms with Gasteiger partial charge in [0.25, 0.3) is 0 Å². The molecule has 0 unspecified atom stereocenters. The van der Waals surface area contributed by atoms with Crippen LogP contribution in [0, 0.1) is 6.92 Å². The Morgan fingerprint density at radius 3 is 2.79 bits per heavy atom. The van der Waals surface area contributed by atoms with Gasteiger partial charge in [0.1, 0.15) is 0 Å². The van der Waals surface area contributed by atoms with Crippen molar-refractivity contribution in [2.45, 2.75) is 51.7 Å². The number of carbonyl (C=O) groups is 1. The van der Waals surface area contributed by atoms with Gasteiger partial charge in [0, 0.05) is 43.2 Å². The highest BCUT2D eigenvalue weighted by Crippen LogP contribution is 2.24. The molecule has 152 valence electrons. The van der Waals surface area contributed by atoms with E-state index in [2.05, 4.69) is 71.5 Å². The van der Waals surface area contributed by atoms with Crippen LogP contribution in [0.4, 0.5) is 0 Å². The molecule has 1 atom stereocenters. The third kappa shape index (κ3) is 4.88. The molecule has 1 saturated heterocycles. The molecule has 1 aliphatic heterocycles. The fourth-order valence-corrected chi connectivity index (χ4v) is 4.18. The van der Waals surface area contributed by atoms with Crippen molar-refractivity contribution in [3.63, 3.8) is 0 Å². The van der Waals surface area contributed by atoms with E-state index < -0.39 is 0 Å². The maximum atomic E-state index is 12.2. The standard InChI is InChI=1S/C25H30N2O2/c1-19-8-2-3-9-20(19)17-27-18-21(23-12-4-5-13-24(23)27)10-6-14-25(28)26-16-22-11-7-15-29-22/h2-5,8-9,12-13,18,22H,6-7,10-11,14-17H2,1H3,(H,26,28)/t22-/m1/s1. The van der Waals surface area contributed by atoms with E-state index in [1.807, 2.05) is 0 Å². The predicted molar refractivity (Wildman–Crippen MR) is 117 cm³/mol. The number of aromatic nitrogens is 1. The summed E-state index contributed by atoms with van der Waals surface area (Å²) in [6.07, 6.45) is 6.96. The number of para-hydroxylation sites is 1. The monoisotopic (exact) mass is 390 g/mol. The van der Waals surface area contributed by atoms with Crippen LogP contribution in [0.3, 0.4) is 0 Å². The van der Waals surface area contributed by atoms with E-state index >= 15 is 0 Å². The van der Waals surface area contributed by atoms with Crippen LogP contribution in [0.2, 0.25) is 0 Å². The van der Waals surface area contributed by atoms with Crippen LogP contribution in [0.5, 0.6) is 0 Å². The smallest absolute Gasteiger partial charge is 0.220 e. The number of amides is 1. The number of benzene rings is 2. The van der Waals surface area contributed by atoms with Crippen molar-refractivity contribution in [3.8, 4) is 0 Å². The Kier molecular flexibility index (Phi) is 6.30. The largest absolute Gasteiger partial charge is 0.376 e.